The van der Waals surface area contributed by atoms with Gasteiger partial charge >= 0.3 is 0 Å². The van der Waals surface area contributed by atoms with E-state index in [9.17, 15) is 5.11 Å². The zero-order valence-electron chi connectivity index (χ0n) is 8.15. The Bertz CT molecular complexity index is 374. The molecule has 0 atom stereocenters. The quantitative estimate of drug-likeness (QED) is 0.740. The lowest BCUT2D eigenvalue weighted by Crippen LogP contribution is -2.27. The molecule has 0 unspecified atom stereocenters. The predicted molar refractivity (Wildman–Crippen MR) is 52.1 cm³/mol. The zero-order chi connectivity index (χ0) is 10.2. The highest BCUT2D eigenvalue weighted by molar-refractivity contribution is 5.43. The molecule has 2 rings (SSSR count). The summed E-state index contributed by atoms with van der Waals surface area (Å²) in [6.45, 7) is 3.30. The van der Waals surface area contributed by atoms with Crippen LogP contribution in [0.4, 0.5) is 0 Å². The van der Waals surface area contributed by atoms with Gasteiger partial charge in [-0.15, -0.1) is 0 Å². The van der Waals surface area contributed by atoms with Crippen molar-refractivity contribution in [2.75, 3.05) is 0 Å². The second-order valence-electron chi connectivity index (χ2n) is 3.71. The Morgan fingerprint density at radius 3 is 2.43 bits per heavy atom. The number of para-hydroxylation sites is 2. The number of rotatable bonds is 1. The molecule has 0 saturated heterocycles. The fourth-order valence-electron chi connectivity index (χ4n) is 1.16. The average molecular weight is 192 g/mol. The van der Waals surface area contributed by atoms with E-state index in [0.29, 0.717) is 17.3 Å². The molecule has 0 amide bonds. The van der Waals surface area contributed by atoms with Gasteiger partial charge in [-0.25, -0.2) is 0 Å². The van der Waals surface area contributed by atoms with Crippen molar-refractivity contribution < 1.29 is 14.6 Å². The van der Waals surface area contributed by atoms with Gasteiger partial charge in [0.25, 0.3) is 0 Å². The van der Waals surface area contributed by atoms with Crippen molar-refractivity contribution >= 4 is 0 Å². The van der Waals surface area contributed by atoms with E-state index in [1.165, 1.54) is 6.26 Å². The Balaban J connectivity index is 2.30. The number of benzene rings is 1. The van der Waals surface area contributed by atoms with Crippen LogP contribution in [0.25, 0.3) is 0 Å². The van der Waals surface area contributed by atoms with Crippen molar-refractivity contribution in [1.29, 1.82) is 0 Å². The van der Waals surface area contributed by atoms with Gasteiger partial charge in [0.15, 0.2) is 17.3 Å². The summed E-state index contributed by atoms with van der Waals surface area (Å²) >= 11 is 0. The maximum absolute atomic E-state index is 9.69. The minimum Gasteiger partial charge on any atom is -0.457 e. The van der Waals surface area contributed by atoms with Crippen molar-refractivity contribution in [3.05, 3.63) is 36.3 Å². The molecule has 0 aromatic heterocycles. The summed E-state index contributed by atoms with van der Waals surface area (Å²) in [4.78, 5) is 0. The summed E-state index contributed by atoms with van der Waals surface area (Å²) in [7, 11) is 0. The second kappa shape index (κ2) is 3.03. The minimum atomic E-state index is -1.02. The highest BCUT2D eigenvalue weighted by Crippen LogP contribution is 2.34. The van der Waals surface area contributed by atoms with Gasteiger partial charge in [-0.3, -0.25) is 0 Å². The molecule has 14 heavy (non-hydrogen) atoms. The second-order valence-corrected chi connectivity index (χ2v) is 3.71. The van der Waals surface area contributed by atoms with Crippen molar-refractivity contribution in [2.45, 2.75) is 19.4 Å². The van der Waals surface area contributed by atoms with E-state index in [1.54, 1.807) is 19.9 Å². The monoisotopic (exact) mass is 192 g/mol. The minimum absolute atomic E-state index is 0.413. The molecule has 1 aliphatic rings. The molecule has 3 nitrogen and oxygen atoms in total. The third-order valence-corrected chi connectivity index (χ3v) is 1.96. The van der Waals surface area contributed by atoms with E-state index in [0.717, 1.165) is 0 Å². The van der Waals surface area contributed by atoms with Gasteiger partial charge in [0.1, 0.15) is 11.9 Å². The van der Waals surface area contributed by atoms with Gasteiger partial charge in [0.05, 0.1) is 0 Å². The molecule has 3 heteroatoms. The van der Waals surface area contributed by atoms with Crippen LogP contribution in [0.5, 0.6) is 11.5 Å². The number of hydrogen-bond acceptors (Lipinski definition) is 3. The summed E-state index contributed by atoms with van der Waals surface area (Å²) in [5, 5.41) is 9.69. The lowest BCUT2D eigenvalue weighted by molar-refractivity contribution is 0.0683. The molecule has 1 aromatic carbocycles. The van der Waals surface area contributed by atoms with Crippen LogP contribution in [0.2, 0.25) is 0 Å². The van der Waals surface area contributed by atoms with E-state index in [2.05, 4.69) is 0 Å². The first kappa shape index (κ1) is 9.09. The van der Waals surface area contributed by atoms with Crippen molar-refractivity contribution in [1.82, 2.24) is 0 Å². The highest BCUT2D eigenvalue weighted by atomic mass is 16.6. The lowest BCUT2D eigenvalue weighted by atomic mass is 10.1. The van der Waals surface area contributed by atoms with E-state index in [4.69, 9.17) is 9.47 Å². The number of hydrogen-bond donors (Lipinski definition) is 1. The van der Waals surface area contributed by atoms with Crippen LogP contribution in [-0.2, 0) is 0 Å². The van der Waals surface area contributed by atoms with E-state index < -0.39 is 5.60 Å². The third kappa shape index (κ3) is 1.59. The van der Waals surface area contributed by atoms with Crippen LogP contribution in [0, 0.1) is 0 Å². The molecule has 74 valence electrons. The Morgan fingerprint density at radius 1 is 1.14 bits per heavy atom. The van der Waals surface area contributed by atoms with Gasteiger partial charge in [-0.1, -0.05) is 12.1 Å². The summed E-state index contributed by atoms with van der Waals surface area (Å²) in [5.41, 5.74) is -1.02. The number of fused-ring (bicyclic) bond motifs is 1. The molecule has 0 bridgehead atoms. The van der Waals surface area contributed by atoms with Crippen LogP contribution < -0.4 is 9.47 Å². The first-order valence-corrected chi connectivity index (χ1v) is 4.44. The van der Waals surface area contributed by atoms with Crippen LogP contribution in [0.1, 0.15) is 13.8 Å². The van der Waals surface area contributed by atoms with E-state index >= 15 is 0 Å². The Labute approximate surface area is 82.6 Å². The molecule has 0 fully saturated rings. The van der Waals surface area contributed by atoms with Crippen molar-refractivity contribution in [2.24, 2.45) is 0 Å². The van der Waals surface area contributed by atoms with Crippen LogP contribution in [0.15, 0.2) is 36.3 Å². The fraction of sp³-hybridized carbons (Fsp3) is 0.273. The zero-order valence-corrected chi connectivity index (χ0v) is 8.15. The molecule has 1 aromatic rings. The topological polar surface area (TPSA) is 38.7 Å². The Kier molecular flexibility index (Phi) is 1.97. The lowest BCUT2D eigenvalue weighted by Gasteiger charge is -2.25. The van der Waals surface area contributed by atoms with Gasteiger partial charge in [-0.2, -0.15) is 0 Å². The van der Waals surface area contributed by atoms with Gasteiger partial charge in [0.2, 0.25) is 0 Å². The summed E-state index contributed by atoms with van der Waals surface area (Å²) < 4.78 is 10.8. The molecule has 0 aliphatic carbocycles. The standard InChI is InChI=1S/C11H12O3/c1-11(2,12)10-7-13-8-5-3-4-6-9(8)14-10/h3-7,12H,1-2H3. The van der Waals surface area contributed by atoms with Gasteiger partial charge in [-0.05, 0) is 26.0 Å². The molecule has 1 aliphatic heterocycles. The third-order valence-electron chi connectivity index (χ3n) is 1.96. The predicted octanol–water partition coefficient (Wildman–Crippen LogP) is 2.07. The van der Waals surface area contributed by atoms with Gasteiger partial charge in [0, 0.05) is 0 Å². The van der Waals surface area contributed by atoms with Gasteiger partial charge < -0.3 is 14.6 Å². The Hall–Kier alpha value is -1.48. The first-order chi connectivity index (χ1) is 6.57. The first-order valence-electron chi connectivity index (χ1n) is 4.44. The molecule has 1 N–H and O–H groups in total. The molecule has 0 saturated carbocycles. The average Bonchev–Trinajstić information content (AvgIpc) is 2.16. The maximum atomic E-state index is 9.69. The number of ether oxygens (including phenoxy) is 2. The Morgan fingerprint density at radius 2 is 1.79 bits per heavy atom. The van der Waals surface area contributed by atoms with E-state index in [-0.39, 0.29) is 0 Å². The molecule has 1 heterocycles. The summed E-state index contributed by atoms with van der Waals surface area (Å²) in [5.74, 6) is 1.71. The normalized spacial score (nSPS) is 14.9. The summed E-state index contributed by atoms with van der Waals surface area (Å²) in [6.07, 6.45) is 1.43. The molecular weight excluding hydrogens is 180 g/mol. The number of aliphatic hydroxyl groups is 1. The summed E-state index contributed by atoms with van der Waals surface area (Å²) in [6, 6.07) is 7.34. The highest BCUT2D eigenvalue weighted by Gasteiger charge is 2.26. The van der Waals surface area contributed by atoms with Crippen LogP contribution in [-0.4, -0.2) is 10.7 Å². The van der Waals surface area contributed by atoms with Crippen LogP contribution >= 0.6 is 0 Å². The van der Waals surface area contributed by atoms with E-state index in [1.807, 2.05) is 18.2 Å². The largest absolute Gasteiger partial charge is 0.457 e. The molecular formula is C11H12O3. The SMILES string of the molecule is CC(C)(O)C1=COc2ccccc2O1. The fourth-order valence-corrected chi connectivity index (χ4v) is 1.16. The van der Waals surface area contributed by atoms with Crippen LogP contribution in [0.3, 0.4) is 0 Å². The van der Waals surface area contributed by atoms with Crippen molar-refractivity contribution in [3.63, 3.8) is 0 Å². The van der Waals surface area contributed by atoms with Crippen molar-refractivity contribution in [3.8, 4) is 11.5 Å². The molecule has 0 spiro atoms. The molecule has 0 radical (unpaired) electrons. The maximum Gasteiger partial charge on any atom is 0.170 e. The smallest absolute Gasteiger partial charge is 0.170 e.